The molecule has 2 fully saturated rings. The minimum Gasteiger partial charge on any atom is -0.504 e. The zero-order valence-electron chi connectivity index (χ0n) is 19.0. The number of hydrogen-bond acceptors (Lipinski definition) is 4. The number of rotatable bonds is 5. The highest BCUT2D eigenvalue weighted by Gasteiger charge is 2.57. The lowest BCUT2D eigenvalue weighted by Crippen LogP contribution is -2.54. The number of carbonyl (C=O) groups excluding carboxylic acids is 1. The maximum atomic E-state index is 14.0. The van der Waals surface area contributed by atoms with Crippen molar-refractivity contribution in [3.63, 3.8) is 0 Å². The normalized spacial score (nSPS) is 32.4. The van der Waals surface area contributed by atoms with Crippen LogP contribution in [0.25, 0.3) is 0 Å². The number of fused-ring (bicyclic) bond motifs is 1. The summed E-state index contributed by atoms with van der Waals surface area (Å²) in [5, 5.41) is 0. The van der Waals surface area contributed by atoms with Gasteiger partial charge in [-0.3, -0.25) is 4.79 Å². The number of allylic oxidation sites excluding steroid dienone is 1. The average Bonchev–Trinajstić information content (AvgIpc) is 2.68. The zero-order valence-corrected chi connectivity index (χ0v) is 19.0. The van der Waals surface area contributed by atoms with Gasteiger partial charge >= 0.3 is 0 Å². The molecule has 2 aliphatic rings. The van der Waals surface area contributed by atoms with Crippen LogP contribution in [0.5, 0.6) is 11.5 Å². The third-order valence-electron chi connectivity index (χ3n) is 7.70. The molecule has 29 heavy (non-hydrogen) atoms. The standard InChI is InChI=1S/C25H36O4/c1-16-18(15-27-5)13-21-24(2,3)9-8-10-25(21,4)22(16)23(26)17-11-19(28-6)14-20(12-17)29-7/h11-12,14-16,21-22H,8-10,13H2,1-7H3/t16-,21+,22-,25-/m1/s1. The van der Waals surface area contributed by atoms with Crippen LogP contribution in [0.1, 0.15) is 63.7 Å². The van der Waals surface area contributed by atoms with Crippen molar-refractivity contribution in [2.24, 2.45) is 28.6 Å². The second-order valence-corrected chi connectivity index (χ2v) is 9.77. The van der Waals surface area contributed by atoms with E-state index in [-0.39, 0.29) is 28.4 Å². The van der Waals surface area contributed by atoms with E-state index in [0.717, 1.165) is 12.8 Å². The molecule has 2 aliphatic carbocycles. The molecule has 3 rings (SSSR count). The first-order chi connectivity index (χ1) is 13.7. The lowest BCUT2D eigenvalue weighted by molar-refractivity contribution is -0.0624. The molecule has 1 aromatic carbocycles. The van der Waals surface area contributed by atoms with E-state index in [1.165, 1.54) is 18.4 Å². The van der Waals surface area contributed by atoms with Crippen molar-refractivity contribution >= 4 is 5.78 Å². The second kappa shape index (κ2) is 8.04. The summed E-state index contributed by atoms with van der Waals surface area (Å²) in [7, 11) is 4.93. The molecule has 4 atom stereocenters. The van der Waals surface area contributed by atoms with Gasteiger partial charge in [-0.05, 0) is 59.6 Å². The Morgan fingerprint density at radius 2 is 1.66 bits per heavy atom. The van der Waals surface area contributed by atoms with Gasteiger partial charge in [0.15, 0.2) is 5.78 Å². The molecule has 160 valence electrons. The zero-order chi connectivity index (χ0) is 21.4. The van der Waals surface area contributed by atoms with Crippen molar-refractivity contribution in [2.45, 2.75) is 53.4 Å². The Hall–Kier alpha value is -1.97. The molecule has 0 N–H and O–H groups in total. The molecule has 0 aromatic heterocycles. The summed E-state index contributed by atoms with van der Waals surface area (Å²) < 4.78 is 16.3. The van der Waals surface area contributed by atoms with Crippen LogP contribution in [0.3, 0.4) is 0 Å². The highest BCUT2D eigenvalue weighted by molar-refractivity contribution is 5.99. The molecular formula is C25H36O4. The van der Waals surface area contributed by atoms with Gasteiger partial charge in [0.2, 0.25) is 0 Å². The minimum atomic E-state index is -0.0981. The quantitative estimate of drug-likeness (QED) is 0.455. The van der Waals surface area contributed by atoms with Crippen LogP contribution >= 0.6 is 0 Å². The van der Waals surface area contributed by atoms with E-state index in [4.69, 9.17) is 14.2 Å². The van der Waals surface area contributed by atoms with E-state index in [9.17, 15) is 4.79 Å². The van der Waals surface area contributed by atoms with Gasteiger partial charge in [0.1, 0.15) is 11.5 Å². The fourth-order valence-corrected chi connectivity index (χ4v) is 6.22. The van der Waals surface area contributed by atoms with Crippen molar-refractivity contribution in [2.75, 3.05) is 21.3 Å². The van der Waals surface area contributed by atoms with E-state index in [2.05, 4.69) is 27.7 Å². The molecule has 2 saturated carbocycles. The molecular weight excluding hydrogens is 364 g/mol. The lowest BCUT2D eigenvalue weighted by atomic mass is 9.45. The van der Waals surface area contributed by atoms with Gasteiger partial charge in [-0.25, -0.2) is 0 Å². The first-order valence-corrected chi connectivity index (χ1v) is 10.7. The highest BCUT2D eigenvalue weighted by atomic mass is 16.5. The highest BCUT2D eigenvalue weighted by Crippen LogP contribution is 2.62. The maximum Gasteiger partial charge on any atom is 0.167 e. The first kappa shape index (κ1) is 21.7. The number of ether oxygens (including phenoxy) is 3. The molecule has 0 saturated heterocycles. The van der Waals surface area contributed by atoms with Crippen LogP contribution < -0.4 is 9.47 Å². The third kappa shape index (κ3) is 3.78. The number of benzene rings is 1. The van der Waals surface area contributed by atoms with Gasteiger partial charge in [-0.2, -0.15) is 0 Å². The number of Topliss-reactive ketones (excluding diaryl/α,β-unsaturated/α-hetero) is 1. The molecule has 0 unspecified atom stereocenters. The molecule has 1 aromatic rings. The molecule has 0 bridgehead atoms. The number of methoxy groups -OCH3 is 3. The summed E-state index contributed by atoms with van der Waals surface area (Å²) >= 11 is 0. The Kier molecular flexibility index (Phi) is 6.03. The first-order valence-electron chi connectivity index (χ1n) is 10.7. The van der Waals surface area contributed by atoms with Gasteiger partial charge in [0.25, 0.3) is 0 Å². The minimum absolute atomic E-state index is 0.0420. The molecule has 0 spiro atoms. The van der Waals surface area contributed by atoms with Gasteiger partial charge in [0.05, 0.1) is 27.6 Å². The van der Waals surface area contributed by atoms with Crippen LogP contribution in [-0.4, -0.2) is 27.1 Å². The van der Waals surface area contributed by atoms with E-state index < -0.39 is 0 Å². The number of hydrogen-bond donors (Lipinski definition) is 0. The van der Waals surface area contributed by atoms with E-state index in [0.29, 0.717) is 23.0 Å². The Morgan fingerprint density at radius 3 is 2.21 bits per heavy atom. The van der Waals surface area contributed by atoms with Crippen molar-refractivity contribution in [1.29, 1.82) is 0 Å². The van der Waals surface area contributed by atoms with E-state index in [1.807, 2.05) is 24.5 Å². The molecule has 0 radical (unpaired) electrons. The number of carbonyl (C=O) groups is 1. The predicted octanol–water partition coefficient (Wildman–Crippen LogP) is 5.91. The molecule has 0 heterocycles. The topological polar surface area (TPSA) is 44.8 Å². The van der Waals surface area contributed by atoms with Gasteiger partial charge in [-0.1, -0.05) is 34.1 Å². The summed E-state index contributed by atoms with van der Waals surface area (Å²) in [4.78, 5) is 14.0. The van der Waals surface area contributed by atoms with E-state index in [1.54, 1.807) is 21.3 Å². The van der Waals surface area contributed by atoms with Crippen LogP contribution in [-0.2, 0) is 4.74 Å². The SMILES string of the molecule is COC=C1C[C@H]2C(C)(C)CCC[C@@]2(C)[C@@H](C(=O)c2cc(OC)cc(OC)c2)[C@@H]1C. The van der Waals surface area contributed by atoms with Crippen LogP contribution in [0.4, 0.5) is 0 Å². The fraction of sp³-hybridized carbons (Fsp3) is 0.640. The Morgan fingerprint density at radius 1 is 1.03 bits per heavy atom. The summed E-state index contributed by atoms with van der Waals surface area (Å²) in [6.45, 7) is 9.27. The largest absolute Gasteiger partial charge is 0.504 e. The van der Waals surface area contributed by atoms with E-state index >= 15 is 0 Å². The van der Waals surface area contributed by atoms with Crippen molar-refractivity contribution in [3.8, 4) is 11.5 Å². The smallest absolute Gasteiger partial charge is 0.167 e. The fourth-order valence-electron chi connectivity index (χ4n) is 6.22. The second-order valence-electron chi connectivity index (χ2n) is 9.77. The summed E-state index contributed by atoms with van der Waals surface area (Å²) in [5.41, 5.74) is 2.07. The third-order valence-corrected chi connectivity index (χ3v) is 7.70. The van der Waals surface area contributed by atoms with Crippen molar-refractivity contribution in [3.05, 3.63) is 35.6 Å². The summed E-state index contributed by atoms with van der Waals surface area (Å²) in [6, 6.07) is 5.50. The summed E-state index contributed by atoms with van der Waals surface area (Å²) in [5.74, 6) is 1.96. The van der Waals surface area contributed by atoms with Crippen LogP contribution in [0, 0.1) is 28.6 Å². The van der Waals surface area contributed by atoms with Gasteiger partial charge in [-0.15, -0.1) is 0 Å². The monoisotopic (exact) mass is 400 g/mol. The van der Waals surface area contributed by atoms with Crippen molar-refractivity contribution < 1.29 is 19.0 Å². The van der Waals surface area contributed by atoms with Gasteiger partial charge in [0, 0.05) is 17.5 Å². The molecule has 0 amide bonds. The van der Waals surface area contributed by atoms with Crippen LogP contribution in [0.2, 0.25) is 0 Å². The Balaban J connectivity index is 2.11. The Labute approximate surface area is 175 Å². The summed E-state index contributed by atoms with van der Waals surface area (Å²) in [6.07, 6.45) is 6.34. The molecule has 4 heteroatoms. The molecule has 4 nitrogen and oxygen atoms in total. The Bertz CT molecular complexity index is 772. The van der Waals surface area contributed by atoms with Gasteiger partial charge < -0.3 is 14.2 Å². The maximum absolute atomic E-state index is 14.0. The lowest BCUT2D eigenvalue weighted by Gasteiger charge is -2.59. The molecule has 0 aliphatic heterocycles. The predicted molar refractivity (Wildman–Crippen MR) is 115 cm³/mol. The van der Waals surface area contributed by atoms with Crippen LogP contribution in [0.15, 0.2) is 30.0 Å². The number of ketones is 1. The van der Waals surface area contributed by atoms with Crippen molar-refractivity contribution in [1.82, 2.24) is 0 Å². The average molecular weight is 401 g/mol.